The van der Waals surface area contributed by atoms with Gasteiger partial charge in [0.1, 0.15) is 5.82 Å². The van der Waals surface area contributed by atoms with Crippen LogP contribution in [0.25, 0.3) is 0 Å². The first-order valence-corrected chi connectivity index (χ1v) is 11.5. The highest BCUT2D eigenvalue weighted by atomic mass is 32.2. The number of esters is 1. The number of para-hydroxylation sites is 1. The van der Waals surface area contributed by atoms with Gasteiger partial charge in [-0.3, -0.25) is 14.4 Å². The second-order valence-electron chi connectivity index (χ2n) is 6.43. The molecule has 2 aromatic carbocycles. The fourth-order valence-corrected chi connectivity index (χ4v) is 4.28. The van der Waals surface area contributed by atoms with E-state index in [1.165, 1.54) is 47.4 Å². The lowest BCUT2D eigenvalue weighted by Crippen LogP contribution is -2.19. The Hall–Kier alpha value is -3.24. The van der Waals surface area contributed by atoms with E-state index in [1.54, 1.807) is 36.6 Å². The maximum atomic E-state index is 13.1. The van der Waals surface area contributed by atoms with Crippen LogP contribution in [-0.2, 0) is 20.7 Å². The number of rotatable bonds is 9. The number of anilines is 2. The highest BCUT2D eigenvalue weighted by molar-refractivity contribution is 8.01. The Morgan fingerprint density at radius 3 is 2.59 bits per heavy atom. The fourth-order valence-electron chi connectivity index (χ4n) is 2.63. The van der Waals surface area contributed by atoms with Crippen molar-refractivity contribution in [2.24, 2.45) is 0 Å². The monoisotopic (exact) mass is 473 g/mol. The number of aromatic nitrogens is 1. The SMILES string of the molecule is CCOC(=O)Cc1csc(SCC(=O)Nc2ccccc2C(=O)Nc2ccc(F)cc2)n1. The minimum Gasteiger partial charge on any atom is -0.466 e. The summed E-state index contributed by atoms with van der Waals surface area (Å²) < 4.78 is 18.6. The Kier molecular flexibility index (Phi) is 8.34. The van der Waals surface area contributed by atoms with Crippen LogP contribution in [0.3, 0.4) is 0 Å². The standard InChI is InChI=1S/C22H20FN3O4S2/c1-2-30-20(28)11-16-12-31-22(25-16)32-13-19(27)26-18-6-4-3-5-17(18)21(29)24-15-9-7-14(23)8-10-15/h3-10,12H,2,11,13H2,1H3,(H,24,29)(H,26,27). The first-order chi connectivity index (χ1) is 15.4. The normalized spacial score (nSPS) is 10.4. The lowest BCUT2D eigenvalue weighted by Gasteiger charge is -2.11. The van der Waals surface area contributed by atoms with Crippen LogP contribution in [0.4, 0.5) is 15.8 Å². The number of hydrogen-bond donors (Lipinski definition) is 2. The van der Waals surface area contributed by atoms with Crippen molar-refractivity contribution in [3.63, 3.8) is 0 Å². The quantitative estimate of drug-likeness (QED) is 0.354. The number of halogens is 1. The molecule has 0 bridgehead atoms. The molecule has 3 rings (SSSR count). The topological polar surface area (TPSA) is 97.4 Å². The molecule has 32 heavy (non-hydrogen) atoms. The molecule has 1 aromatic heterocycles. The number of amides is 2. The molecule has 0 fully saturated rings. The number of hydrogen-bond acceptors (Lipinski definition) is 7. The molecule has 166 valence electrons. The molecule has 0 unspecified atom stereocenters. The van der Waals surface area contributed by atoms with Crippen molar-refractivity contribution in [2.75, 3.05) is 23.0 Å². The number of carbonyl (C=O) groups excluding carboxylic acids is 3. The van der Waals surface area contributed by atoms with Crippen molar-refractivity contribution >= 4 is 52.3 Å². The first kappa shape index (κ1) is 23.4. The van der Waals surface area contributed by atoms with Gasteiger partial charge in [-0.1, -0.05) is 23.9 Å². The van der Waals surface area contributed by atoms with Gasteiger partial charge in [-0.25, -0.2) is 9.37 Å². The minimum absolute atomic E-state index is 0.0836. The maximum Gasteiger partial charge on any atom is 0.311 e. The summed E-state index contributed by atoms with van der Waals surface area (Å²) in [5.41, 5.74) is 1.68. The van der Waals surface area contributed by atoms with E-state index in [-0.39, 0.29) is 29.6 Å². The van der Waals surface area contributed by atoms with Crippen molar-refractivity contribution in [2.45, 2.75) is 17.7 Å². The van der Waals surface area contributed by atoms with E-state index in [2.05, 4.69) is 15.6 Å². The Labute approximate surface area is 192 Å². The fraction of sp³-hybridized carbons (Fsp3) is 0.182. The van der Waals surface area contributed by atoms with Gasteiger partial charge in [-0.05, 0) is 43.3 Å². The van der Waals surface area contributed by atoms with Crippen LogP contribution in [0.1, 0.15) is 23.0 Å². The van der Waals surface area contributed by atoms with Crippen LogP contribution in [0.15, 0.2) is 58.3 Å². The number of nitrogens with one attached hydrogen (secondary N) is 2. The van der Waals surface area contributed by atoms with Crippen LogP contribution >= 0.6 is 23.1 Å². The Balaban J connectivity index is 1.56. The predicted octanol–water partition coefficient (Wildman–Crippen LogP) is 4.37. The van der Waals surface area contributed by atoms with E-state index in [9.17, 15) is 18.8 Å². The van der Waals surface area contributed by atoms with E-state index < -0.39 is 11.7 Å². The number of benzene rings is 2. The van der Waals surface area contributed by atoms with Gasteiger partial charge in [0.2, 0.25) is 5.91 Å². The van der Waals surface area contributed by atoms with Crippen LogP contribution in [0.5, 0.6) is 0 Å². The summed E-state index contributed by atoms with van der Waals surface area (Å²) in [6.45, 7) is 2.05. The van der Waals surface area contributed by atoms with Gasteiger partial charge in [0.15, 0.2) is 4.34 Å². The predicted molar refractivity (Wildman–Crippen MR) is 123 cm³/mol. The number of thioether (sulfide) groups is 1. The molecule has 0 aliphatic heterocycles. The van der Waals surface area contributed by atoms with Gasteiger partial charge in [-0.2, -0.15) is 0 Å². The molecule has 7 nitrogen and oxygen atoms in total. The molecule has 0 radical (unpaired) electrons. The summed E-state index contributed by atoms with van der Waals surface area (Å²) >= 11 is 2.58. The van der Waals surface area contributed by atoms with Gasteiger partial charge in [0.25, 0.3) is 5.91 Å². The minimum atomic E-state index is -0.427. The number of nitrogens with zero attached hydrogens (tertiary/aromatic N) is 1. The van der Waals surface area contributed by atoms with E-state index in [0.29, 0.717) is 28.0 Å². The van der Waals surface area contributed by atoms with Crippen molar-refractivity contribution in [3.8, 4) is 0 Å². The van der Waals surface area contributed by atoms with Crippen molar-refractivity contribution < 1.29 is 23.5 Å². The zero-order valence-corrected chi connectivity index (χ0v) is 18.7. The van der Waals surface area contributed by atoms with Crippen LogP contribution in [-0.4, -0.2) is 35.1 Å². The third kappa shape index (κ3) is 6.89. The van der Waals surface area contributed by atoms with E-state index in [0.717, 1.165) is 0 Å². The third-order valence-electron chi connectivity index (χ3n) is 4.04. The van der Waals surface area contributed by atoms with Gasteiger partial charge >= 0.3 is 5.97 Å². The number of carbonyl (C=O) groups is 3. The summed E-state index contributed by atoms with van der Waals surface area (Å²) in [5, 5.41) is 7.17. The van der Waals surface area contributed by atoms with Crippen LogP contribution < -0.4 is 10.6 Å². The molecule has 10 heteroatoms. The molecule has 2 amide bonds. The van der Waals surface area contributed by atoms with Crippen LogP contribution in [0, 0.1) is 5.82 Å². The molecule has 0 aliphatic rings. The zero-order valence-electron chi connectivity index (χ0n) is 17.1. The molecule has 0 spiro atoms. The molecule has 3 aromatic rings. The van der Waals surface area contributed by atoms with E-state index >= 15 is 0 Å². The number of thiazole rings is 1. The van der Waals surface area contributed by atoms with Crippen molar-refractivity contribution in [1.82, 2.24) is 4.98 Å². The molecule has 0 aliphatic carbocycles. The lowest BCUT2D eigenvalue weighted by atomic mass is 10.1. The second kappa shape index (κ2) is 11.4. The summed E-state index contributed by atoms with van der Waals surface area (Å²) in [5.74, 6) is -1.40. The molecule has 0 saturated heterocycles. The summed E-state index contributed by atoms with van der Waals surface area (Å²) in [4.78, 5) is 40.9. The molecule has 0 saturated carbocycles. The highest BCUT2D eigenvalue weighted by Gasteiger charge is 2.15. The average molecular weight is 474 g/mol. The molecular formula is C22H20FN3O4S2. The molecular weight excluding hydrogens is 453 g/mol. The van der Waals surface area contributed by atoms with Gasteiger partial charge < -0.3 is 15.4 Å². The van der Waals surface area contributed by atoms with E-state index in [4.69, 9.17) is 4.74 Å². The summed E-state index contributed by atoms with van der Waals surface area (Å²) in [7, 11) is 0. The average Bonchev–Trinajstić information content (AvgIpc) is 3.21. The zero-order chi connectivity index (χ0) is 22.9. The van der Waals surface area contributed by atoms with Crippen molar-refractivity contribution in [1.29, 1.82) is 0 Å². The highest BCUT2D eigenvalue weighted by Crippen LogP contribution is 2.24. The van der Waals surface area contributed by atoms with Crippen molar-refractivity contribution in [3.05, 3.63) is 71.0 Å². The molecule has 1 heterocycles. The maximum absolute atomic E-state index is 13.1. The van der Waals surface area contributed by atoms with Crippen LogP contribution in [0.2, 0.25) is 0 Å². The number of ether oxygens (including phenoxy) is 1. The third-order valence-corrected chi connectivity index (χ3v) is 6.11. The van der Waals surface area contributed by atoms with Gasteiger partial charge in [-0.15, -0.1) is 11.3 Å². The Morgan fingerprint density at radius 2 is 1.84 bits per heavy atom. The van der Waals surface area contributed by atoms with Gasteiger partial charge in [0.05, 0.1) is 35.7 Å². The van der Waals surface area contributed by atoms with E-state index in [1.807, 2.05) is 0 Å². The largest absolute Gasteiger partial charge is 0.466 e. The lowest BCUT2D eigenvalue weighted by molar-refractivity contribution is -0.142. The summed E-state index contributed by atoms with van der Waals surface area (Å²) in [6.07, 6.45) is 0.0909. The first-order valence-electron chi connectivity index (χ1n) is 9.63. The smallest absolute Gasteiger partial charge is 0.311 e. The Bertz CT molecular complexity index is 1100. The Morgan fingerprint density at radius 1 is 1.09 bits per heavy atom. The van der Waals surface area contributed by atoms with Gasteiger partial charge in [0, 0.05) is 11.1 Å². The second-order valence-corrected chi connectivity index (χ2v) is 8.51. The summed E-state index contributed by atoms with van der Waals surface area (Å²) in [6, 6.07) is 12.0. The molecule has 2 N–H and O–H groups in total. The molecule has 0 atom stereocenters.